The molecule has 1 aliphatic heterocycles. The predicted molar refractivity (Wildman–Crippen MR) is 55.6 cm³/mol. The van der Waals surface area contributed by atoms with Gasteiger partial charge in [0, 0.05) is 23.5 Å². The first-order chi connectivity index (χ1) is 6.85. The van der Waals surface area contributed by atoms with Gasteiger partial charge in [0.15, 0.2) is 11.5 Å². The number of nitrogens with one attached hydrogen (secondary N) is 1. The molecule has 1 heterocycles. The van der Waals surface area contributed by atoms with Gasteiger partial charge in [0.25, 0.3) is 0 Å². The van der Waals surface area contributed by atoms with Crippen LogP contribution in [0.5, 0.6) is 11.5 Å². The minimum absolute atomic E-state index is 0.614. The third-order valence-electron chi connectivity index (χ3n) is 2.15. The molecule has 0 atom stereocenters. The Kier molecular flexibility index (Phi) is 2.26. The molecule has 0 radical (unpaired) electrons. The van der Waals surface area contributed by atoms with Gasteiger partial charge in [-0.3, -0.25) is 4.99 Å². The quantitative estimate of drug-likeness (QED) is 0.772. The molecule has 0 fully saturated rings. The van der Waals surface area contributed by atoms with Crippen molar-refractivity contribution in [2.75, 3.05) is 26.2 Å². The van der Waals surface area contributed by atoms with E-state index in [1.807, 2.05) is 18.3 Å². The first-order valence-corrected chi connectivity index (χ1v) is 4.35. The van der Waals surface area contributed by atoms with Gasteiger partial charge in [-0.2, -0.15) is 0 Å². The van der Waals surface area contributed by atoms with Gasteiger partial charge in [-0.25, -0.2) is 0 Å². The molecule has 14 heavy (non-hydrogen) atoms. The normalized spacial score (nSPS) is 13.0. The molecular formula is C10H12N2O2. The number of hydrogen-bond donors (Lipinski definition) is 1. The van der Waals surface area contributed by atoms with Crippen LogP contribution in [0.25, 0.3) is 0 Å². The van der Waals surface area contributed by atoms with E-state index in [2.05, 4.69) is 10.3 Å². The van der Waals surface area contributed by atoms with Crippen LogP contribution in [0.3, 0.4) is 0 Å². The Morgan fingerprint density at radius 3 is 2.64 bits per heavy atom. The minimum atomic E-state index is 0.614. The van der Waals surface area contributed by atoms with E-state index in [0.29, 0.717) is 6.67 Å². The van der Waals surface area contributed by atoms with Crippen LogP contribution in [0.1, 0.15) is 5.56 Å². The number of nitrogens with zero attached hydrogens (tertiary/aromatic N) is 1. The van der Waals surface area contributed by atoms with Crippen molar-refractivity contribution in [2.45, 2.75) is 0 Å². The number of ether oxygens (including phenoxy) is 2. The van der Waals surface area contributed by atoms with Crippen molar-refractivity contribution >= 4 is 11.9 Å². The van der Waals surface area contributed by atoms with Gasteiger partial charge in [0.1, 0.15) is 6.67 Å². The van der Waals surface area contributed by atoms with Crippen molar-refractivity contribution in [3.63, 3.8) is 0 Å². The molecule has 0 aliphatic carbocycles. The van der Waals surface area contributed by atoms with Gasteiger partial charge in [0.05, 0.1) is 14.2 Å². The van der Waals surface area contributed by atoms with Crippen molar-refractivity contribution in [3.8, 4) is 11.5 Å². The Morgan fingerprint density at radius 1 is 1.21 bits per heavy atom. The van der Waals surface area contributed by atoms with Gasteiger partial charge in [-0.15, -0.1) is 0 Å². The molecule has 1 aromatic rings. The van der Waals surface area contributed by atoms with Crippen molar-refractivity contribution < 1.29 is 9.47 Å². The van der Waals surface area contributed by atoms with Crippen molar-refractivity contribution in [2.24, 2.45) is 4.99 Å². The van der Waals surface area contributed by atoms with Gasteiger partial charge in [-0.05, 0) is 6.07 Å². The van der Waals surface area contributed by atoms with Crippen LogP contribution in [0, 0.1) is 0 Å². The molecule has 0 amide bonds. The fourth-order valence-corrected chi connectivity index (χ4v) is 1.43. The molecule has 0 saturated heterocycles. The van der Waals surface area contributed by atoms with Crippen LogP contribution in [-0.4, -0.2) is 27.1 Å². The fourth-order valence-electron chi connectivity index (χ4n) is 1.43. The summed E-state index contributed by atoms with van der Waals surface area (Å²) in [6.07, 6.45) is 1.83. The maximum atomic E-state index is 5.19. The Labute approximate surface area is 82.6 Å². The third-order valence-corrected chi connectivity index (χ3v) is 2.15. The van der Waals surface area contributed by atoms with Gasteiger partial charge >= 0.3 is 0 Å². The van der Waals surface area contributed by atoms with Crippen LogP contribution in [-0.2, 0) is 0 Å². The molecule has 0 spiro atoms. The molecule has 1 aliphatic rings. The van der Waals surface area contributed by atoms with Crippen LogP contribution in [0.4, 0.5) is 5.69 Å². The highest BCUT2D eigenvalue weighted by atomic mass is 16.5. The lowest BCUT2D eigenvalue weighted by atomic mass is 10.1. The average Bonchev–Trinajstić information content (AvgIpc) is 2.27. The number of rotatable bonds is 2. The number of methoxy groups -OCH3 is 2. The number of fused-ring (bicyclic) bond motifs is 1. The number of hydrogen-bond acceptors (Lipinski definition) is 4. The maximum Gasteiger partial charge on any atom is 0.162 e. The van der Waals surface area contributed by atoms with Gasteiger partial charge < -0.3 is 14.8 Å². The summed E-state index contributed by atoms with van der Waals surface area (Å²) in [6.45, 7) is 0.614. The molecule has 0 unspecified atom stereocenters. The topological polar surface area (TPSA) is 42.9 Å². The van der Waals surface area contributed by atoms with E-state index in [4.69, 9.17) is 9.47 Å². The lowest BCUT2D eigenvalue weighted by molar-refractivity contribution is 0.355. The Balaban J connectivity index is 2.50. The number of aliphatic imine (C=N–C) groups is 1. The summed E-state index contributed by atoms with van der Waals surface area (Å²) in [5.74, 6) is 1.45. The second kappa shape index (κ2) is 3.57. The SMILES string of the molecule is COc1cc2c(cc1OC)NCN=C2. The smallest absolute Gasteiger partial charge is 0.162 e. The standard InChI is InChI=1S/C10H12N2O2/c1-13-9-3-7-5-11-6-12-8(7)4-10(9)14-2/h3-5,12H,6H2,1-2H3. The fraction of sp³-hybridized carbons (Fsp3) is 0.300. The van der Waals surface area contributed by atoms with E-state index in [-0.39, 0.29) is 0 Å². The summed E-state index contributed by atoms with van der Waals surface area (Å²) in [5, 5.41) is 3.16. The van der Waals surface area contributed by atoms with Gasteiger partial charge in [-0.1, -0.05) is 0 Å². The lowest BCUT2D eigenvalue weighted by Crippen LogP contribution is -2.08. The number of benzene rings is 1. The van der Waals surface area contributed by atoms with Crippen molar-refractivity contribution in [3.05, 3.63) is 17.7 Å². The second-order valence-electron chi connectivity index (χ2n) is 2.94. The summed E-state index contributed by atoms with van der Waals surface area (Å²) < 4.78 is 10.4. The highest BCUT2D eigenvalue weighted by Gasteiger charge is 2.11. The summed E-state index contributed by atoms with van der Waals surface area (Å²) in [5.41, 5.74) is 2.05. The van der Waals surface area contributed by atoms with Crippen molar-refractivity contribution in [1.82, 2.24) is 0 Å². The van der Waals surface area contributed by atoms with E-state index >= 15 is 0 Å². The average molecular weight is 192 g/mol. The van der Waals surface area contributed by atoms with E-state index in [1.165, 1.54) is 0 Å². The molecule has 1 aromatic carbocycles. The monoisotopic (exact) mass is 192 g/mol. The van der Waals surface area contributed by atoms with Gasteiger partial charge in [0.2, 0.25) is 0 Å². The maximum absolute atomic E-state index is 5.19. The highest BCUT2D eigenvalue weighted by Crippen LogP contribution is 2.33. The van der Waals surface area contributed by atoms with E-state index in [0.717, 1.165) is 22.7 Å². The Bertz CT molecular complexity index is 375. The van der Waals surface area contributed by atoms with Crippen LogP contribution in [0.2, 0.25) is 0 Å². The zero-order valence-electron chi connectivity index (χ0n) is 8.20. The molecule has 1 N–H and O–H groups in total. The predicted octanol–water partition coefficient (Wildman–Crippen LogP) is 1.51. The van der Waals surface area contributed by atoms with Crippen LogP contribution >= 0.6 is 0 Å². The molecule has 4 heteroatoms. The first kappa shape index (κ1) is 8.87. The summed E-state index contributed by atoms with van der Waals surface area (Å²) in [7, 11) is 3.25. The van der Waals surface area contributed by atoms with Crippen LogP contribution < -0.4 is 14.8 Å². The summed E-state index contributed by atoms with van der Waals surface area (Å²) in [4.78, 5) is 4.12. The second-order valence-corrected chi connectivity index (χ2v) is 2.94. The molecule has 0 aromatic heterocycles. The largest absolute Gasteiger partial charge is 0.493 e. The molecular weight excluding hydrogens is 180 g/mol. The molecule has 0 saturated carbocycles. The molecule has 74 valence electrons. The summed E-state index contributed by atoms with van der Waals surface area (Å²) >= 11 is 0. The van der Waals surface area contributed by atoms with E-state index < -0.39 is 0 Å². The Morgan fingerprint density at radius 2 is 1.93 bits per heavy atom. The lowest BCUT2D eigenvalue weighted by Gasteiger charge is -2.15. The summed E-state index contributed by atoms with van der Waals surface area (Å²) in [6, 6.07) is 3.82. The number of anilines is 1. The van der Waals surface area contributed by atoms with Crippen LogP contribution in [0.15, 0.2) is 17.1 Å². The minimum Gasteiger partial charge on any atom is -0.493 e. The zero-order valence-corrected chi connectivity index (χ0v) is 8.20. The van der Waals surface area contributed by atoms with E-state index in [9.17, 15) is 0 Å². The zero-order chi connectivity index (χ0) is 9.97. The first-order valence-electron chi connectivity index (χ1n) is 4.35. The van der Waals surface area contributed by atoms with Crippen molar-refractivity contribution in [1.29, 1.82) is 0 Å². The molecule has 0 bridgehead atoms. The van der Waals surface area contributed by atoms with E-state index in [1.54, 1.807) is 14.2 Å². The molecule has 2 rings (SSSR count). The Hall–Kier alpha value is -1.71. The highest BCUT2D eigenvalue weighted by molar-refractivity contribution is 5.90. The third kappa shape index (κ3) is 1.39. The molecule has 4 nitrogen and oxygen atoms in total.